The topological polar surface area (TPSA) is 89.3 Å². The molecule has 0 bridgehead atoms. The number of rotatable bonds is 6. The minimum absolute atomic E-state index is 0.0635. The van der Waals surface area contributed by atoms with Crippen LogP contribution in [0.4, 0.5) is 0 Å². The zero-order valence-electron chi connectivity index (χ0n) is 10.4. The van der Waals surface area contributed by atoms with Crippen LogP contribution >= 0.6 is 0 Å². The summed E-state index contributed by atoms with van der Waals surface area (Å²) in [6, 6.07) is -0.982. The number of nitrogens with two attached hydrogens (primary N) is 1. The lowest BCUT2D eigenvalue weighted by atomic mass is 9.99. The van der Waals surface area contributed by atoms with Gasteiger partial charge in [-0.25, -0.2) is 8.42 Å². The van der Waals surface area contributed by atoms with E-state index in [4.69, 9.17) is 5.73 Å². The smallest absolute Gasteiger partial charge is 0.237 e. The second-order valence-corrected chi connectivity index (χ2v) is 6.60. The zero-order valence-corrected chi connectivity index (χ0v) is 11.2. The van der Waals surface area contributed by atoms with E-state index in [9.17, 15) is 13.2 Å². The van der Waals surface area contributed by atoms with Gasteiger partial charge in [0, 0.05) is 12.3 Å². The molecule has 16 heavy (non-hydrogen) atoms. The molecule has 0 aromatic rings. The summed E-state index contributed by atoms with van der Waals surface area (Å²) in [5.74, 6) is -0.262. The van der Waals surface area contributed by atoms with Gasteiger partial charge in [-0.15, -0.1) is 0 Å². The molecule has 1 amide bonds. The number of hydrogen-bond acceptors (Lipinski definition) is 4. The second-order valence-electron chi connectivity index (χ2n) is 4.41. The molecule has 0 aliphatic rings. The van der Waals surface area contributed by atoms with Crippen LogP contribution in [0.2, 0.25) is 0 Å². The molecule has 0 saturated carbocycles. The third-order valence-electron chi connectivity index (χ3n) is 2.50. The molecule has 5 nitrogen and oxygen atoms in total. The van der Waals surface area contributed by atoms with Gasteiger partial charge in [0.1, 0.15) is 9.84 Å². The Hall–Kier alpha value is -0.620. The molecule has 0 radical (unpaired) electrons. The fourth-order valence-corrected chi connectivity index (χ4v) is 2.34. The van der Waals surface area contributed by atoms with Crippen LogP contribution in [0.15, 0.2) is 0 Å². The molecule has 1 unspecified atom stereocenters. The van der Waals surface area contributed by atoms with Crippen LogP contribution in [-0.4, -0.2) is 38.4 Å². The van der Waals surface area contributed by atoms with Gasteiger partial charge < -0.3 is 11.1 Å². The zero-order chi connectivity index (χ0) is 12.9. The summed E-state index contributed by atoms with van der Waals surface area (Å²) in [7, 11) is -3.08. The Bertz CT molecular complexity index is 327. The van der Waals surface area contributed by atoms with Crippen molar-refractivity contribution in [2.45, 2.75) is 39.3 Å². The molecule has 3 N–H and O–H groups in total. The molecule has 0 aliphatic carbocycles. The molecule has 0 spiro atoms. The van der Waals surface area contributed by atoms with E-state index < -0.39 is 21.9 Å². The van der Waals surface area contributed by atoms with Gasteiger partial charge in [-0.2, -0.15) is 0 Å². The van der Waals surface area contributed by atoms with Crippen LogP contribution in [-0.2, 0) is 14.6 Å². The molecule has 0 saturated heterocycles. The van der Waals surface area contributed by atoms with E-state index in [1.54, 1.807) is 6.92 Å². The van der Waals surface area contributed by atoms with Gasteiger partial charge in [-0.05, 0) is 12.8 Å². The van der Waals surface area contributed by atoms with Crippen LogP contribution in [0.3, 0.4) is 0 Å². The SMILES string of the molecule is CC[C@H](C)[C@H](N)C(=O)NC(C)CS(C)(=O)=O. The lowest BCUT2D eigenvalue weighted by molar-refractivity contribution is -0.123. The van der Waals surface area contributed by atoms with E-state index in [2.05, 4.69) is 5.32 Å². The predicted octanol–water partition coefficient (Wildman–Crippen LogP) is -0.0909. The van der Waals surface area contributed by atoms with Crippen LogP contribution in [0.1, 0.15) is 27.2 Å². The van der Waals surface area contributed by atoms with Crippen LogP contribution in [0.25, 0.3) is 0 Å². The third-order valence-corrected chi connectivity index (χ3v) is 3.61. The van der Waals surface area contributed by atoms with Crippen molar-refractivity contribution in [1.82, 2.24) is 5.32 Å². The van der Waals surface area contributed by atoms with Gasteiger partial charge in [0.2, 0.25) is 5.91 Å². The molecule has 0 aromatic carbocycles. The molecule has 0 aliphatic heterocycles. The Balaban J connectivity index is 4.24. The fourth-order valence-electron chi connectivity index (χ4n) is 1.35. The van der Waals surface area contributed by atoms with Crippen molar-refractivity contribution in [3.8, 4) is 0 Å². The summed E-state index contributed by atoms with van der Waals surface area (Å²) >= 11 is 0. The molecule has 0 heterocycles. The average molecular weight is 250 g/mol. The van der Waals surface area contributed by atoms with Gasteiger partial charge in [0.25, 0.3) is 0 Å². The van der Waals surface area contributed by atoms with Crippen molar-refractivity contribution in [3.63, 3.8) is 0 Å². The van der Waals surface area contributed by atoms with E-state index in [-0.39, 0.29) is 17.6 Å². The summed E-state index contributed by atoms with van der Waals surface area (Å²) in [5, 5.41) is 2.61. The number of amides is 1. The van der Waals surface area contributed by atoms with E-state index >= 15 is 0 Å². The van der Waals surface area contributed by atoms with E-state index in [1.807, 2.05) is 13.8 Å². The largest absolute Gasteiger partial charge is 0.351 e. The molecular formula is C10H22N2O3S. The lowest BCUT2D eigenvalue weighted by Gasteiger charge is -2.20. The molecule has 0 rings (SSSR count). The number of carbonyl (C=O) groups excluding carboxylic acids is 1. The maximum absolute atomic E-state index is 11.6. The molecule has 0 aromatic heterocycles. The summed E-state index contributed by atoms with van der Waals surface area (Å²) in [6.07, 6.45) is 1.96. The first kappa shape index (κ1) is 15.4. The molecular weight excluding hydrogens is 228 g/mol. The summed E-state index contributed by atoms with van der Waals surface area (Å²) < 4.78 is 22.0. The first-order chi connectivity index (χ1) is 7.17. The Kier molecular flexibility index (Phi) is 5.96. The standard InChI is InChI=1S/C10H22N2O3S/c1-5-7(2)9(11)10(13)12-8(3)6-16(4,14)15/h7-9H,5-6,11H2,1-4H3,(H,12,13)/t7-,8?,9-/m0/s1. The minimum Gasteiger partial charge on any atom is -0.351 e. The molecule has 6 heteroatoms. The van der Waals surface area contributed by atoms with Gasteiger partial charge >= 0.3 is 0 Å². The first-order valence-corrected chi connectivity index (χ1v) is 7.47. The van der Waals surface area contributed by atoms with Crippen molar-refractivity contribution in [3.05, 3.63) is 0 Å². The van der Waals surface area contributed by atoms with Crippen molar-refractivity contribution >= 4 is 15.7 Å². The fraction of sp³-hybridized carbons (Fsp3) is 0.900. The minimum atomic E-state index is -3.08. The quantitative estimate of drug-likeness (QED) is 0.689. The second kappa shape index (κ2) is 6.20. The number of hydrogen-bond donors (Lipinski definition) is 2. The first-order valence-electron chi connectivity index (χ1n) is 5.41. The Labute approximate surface area is 97.7 Å². The third kappa shape index (κ3) is 6.07. The number of sulfone groups is 1. The Morgan fingerprint density at radius 2 is 1.88 bits per heavy atom. The summed E-state index contributed by atoms with van der Waals surface area (Å²) in [5.41, 5.74) is 5.72. The highest BCUT2D eigenvalue weighted by atomic mass is 32.2. The normalized spacial score (nSPS) is 17.6. The van der Waals surface area contributed by atoms with Gasteiger partial charge in [-0.1, -0.05) is 20.3 Å². The van der Waals surface area contributed by atoms with Crippen molar-refractivity contribution in [1.29, 1.82) is 0 Å². The highest BCUT2D eigenvalue weighted by Crippen LogP contribution is 2.05. The van der Waals surface area contributed by atoms with Crippen LogP contribution < -0.4 is 11.1 Å². The highest BCUT2D eigenvalue weighted by Gasteiger charge is 2.21. The van der Waals surface area contributed by atoms with Crippen molar-refractivity contribution < 1.29 is 13.2 Å². The van der Waals surface area contributed by atoms with Crippen molar-refractivity contribution in [2.24, 2.45) is 11.7 Å². The average Bonchev–Trinajstić information content (AvgIpc) is 2.12. The lowest BCUT2D eigenvalue weighted by Crippen LogP contribution is -2.49. The Morgan fingerprint density at radius 1 is 1.38 bits per heavy atom. The monoisotopic (exact) mass is 250 g/mol. The number of carbonyl (C=O) groups is 1. The summed E-state index contributed by atoms with van der Waals surface area (Å²) in [4.78, 5) is 11.6. The van der Waals surface area contributed by atoms with Gasteiger partial charge in [-0.3, -0.25) is 4.79 Å². The van der Waals surface area contributed by atoms with Crippen molar-refractivity contribution in [2.75, 3.05) is 12.0 Å². The maximum Gasteiger partial charge on any atom is 0.237 e. The van der Waals surface area contributed by atoms with Gasteiger partial charge in [0.15, 0.2) is 0 Å². The van der Waals surface area contributed by atoms with E-state index in [0.717, 1.165) is 12.7 Å². The molecule has 3 atom stereocenters. The Morgan fingerprint density at radius 3 is 2.25 bits per heavy atom. The van der Waals surface area contributed by atoms with E-state index in [0.29, 0.717) is 0 Å². The maximum atomic E-state index is 11.6. The van der Waals surface area contributed by atoms with Crippen LogP contribution in [0.5, 0.6) is 0 Å². The molecule has 0 fully saturated rings. The summed E-state index contributed by atoms with van der Waals surface area (Å²) in [6.45, 7) is 5.51. The predicted molar refractivity (Wildman–Crippen MR) is 64.7 cm³/mol. The van der Waals surface area contributed by atoms with Crippen LogP contribution in [0, 0.1) is 5.92 Å². The number of nitrogens with one attached hydrogen (secondary N) is 1. The van der Waals surface area contributed by atoms with E-state index in [1.165, 1.54) is 0 Å². The van der Waals surface area contributed by atoms with Gasteiger partial charge in [0.05, 0.1) is 11.8 Å². The highest BCUT2D eigenvalue weighted by molar-refractivity contribution is 7.90. The molecule has 96 valence electrons.